The molecule has 2 unspecified atom stereocenters. The minimum atomic E-state index is -1.12. The van der Waals surface area contributed by atoms with Crippen LogP contribution in [0.2, 0.25) is 5.02 Å². The molecule has 2 N–H and O–H groups in total. The first-order chi connectivity index (χ1) is 9.72. The highest BCUT2D eigenvalue weighted by molar-refractivity contribution is 6.32. The van der Waals surface area contributed by atoms with Gasteiger partial charge in [-0.3, -0.25) is 4.79 Å². The van der Waals surface area contributed by atoms with Crippen molar-refractivity contribution in [2.24, 2.45) is 5.92 Å². The molecule has 0 aliphatic heterocycles. The number of carbonyl (C=O) groups is 2. The van der Waals surface area contributed by atoms with Crippen molar-refractivity contribution in [1.29, 1.82) is 0 Å². The third-order valence-corrected chi connectivity index (χ3v) is 3.09. The highest BCUT2D eigenvalue weighted by Crippen LogP contribution is 2.25. The molecule has 7 heteroatoms. The van der Waals surface area contributed by atoms with Crippen LogP contribution in [0.4, 0.5) is 4.39 Å². The van der Waals surface area contributed by atoms with Crippen LogP contribution < -0.4 is 10.1 Å². The number of ether oxygens (including phenoxy) is 1. The molecule has 0 heterocycles. The van der Waals surface area contributed by atoms with E-state index in [0.717, 1.165) is 12.1 Å². The maximum atomic E-state index is 12.9. The lowest BCUT2D eigenvalue weighted by Crippen LogP contribution is -2.48. The van der Waals surface area contributed by atoms with Gasteiger partial charge in [-0.1, -0.05) is 25.4 Å². The molecule has 0 fully saturated rings. The van der Waals surface area contributed by atoms with E-state index in [1.807, 2.05) is 0 Å². The topological polar surface area (TPSA) is 75.6 Å². The molecule has 0 radical (unpaired) electrons. The molecule has 21 heavy (non-hydrogen) atoms. The quantitative estimate of drug-likeness (QED) is 0.845. The molecule has 0 aromatic heterocycles. The van der Waals surface area contributed by atoms with E-state index in [1.165, 1.54) is 13.0 Å². The van der Waals surface area contributed by atoms with Gasteiger partial charge in [0.25, 0.3) is 5.91 Å². The molecule has 1 aromatic carbocycles. The Morgan fingerprint density at radius 3 is 2.43 bits per heavy atom. The van der Waals surface area contributed by atoms with Gasteiger partial charge < -0.3 is 15.2 Å². The molecule has 1 aromatic rings. The summed E-state index contributed by atoms with van der Waals surface area (Å²) in [6, 6.07) is 2.51. The minimum Gasteiger partial charge on any atom is -0.480 e. The van der Waals surface area contributed by atoms with Gasteiger partial charge in [0.05, 0.1) is 5.02 Å². The fraction of sp³-hybridized carbons (Fsp3) is 0.429. The maximum Gasteiger partial charge on any atom is 0.326 e. The predicted molar refractivity (Wildman–Crippen MR) is 75.9 cm³/mol. The van der Waals surface area contributed by atoms with Gasteiger partial charge in [-0.15, -0.1) is 0 Å². The van der Waals surface area contributed by atoms with E-state index >= 15 is 0 Å². The summed E-state index contributed by atoms with van der Waals surface area (Å²) in [6.07, 6.45) is -0.964. The summed E-state index contributed by atoms with van der Waals surface area (Å²) < 4.78 is 18.2. The van der Waals surface area contributed by atoms with Gasteiger partial charge in [0, 0.05) is 0 Å². The lowest BCUT2D eigenvalue weighted by Gasteiger charge is -2.21. The number of aliphatic carboxylic acids is 1. The highest BCUT2D eigenvalue weighted by Gasteiger charge is 2.26. The monoisotopic (exact) mass is 317 g/mol. The normalized spacial score (nSPS) is 13.6. The summed E-state index contributed by atoms with van der Waals surface area (Å²) >= 11 is 5.79. The molecular formula is C14H17ClFNO4. The van der Waals surface area contributed by atoms with Gasteiger partial charge in [0.15, 0.2) is 6.10 Å². The van der Waals surface area contributed by atoms with Crippen LogP contribution in [0.5, 0.6) is 5.75 Å². The van der Waals surface area contributed by atoms with Crippen molar-refractivity contribution >= 4 is 23.5 Å². The Kier molecular flexibility index (Phi) is 5.96. The van der Waals surface area contributed by atoms with Crippen LogP contribution in [-0.2, 0) is 9.59 Å². The van der Waals surface area contributed by atoms with Gasteiger partial charge in [0.1, 0.15) is 17.6 Å². The van der Waals surface area contributed by atoms with Crippen molar-refractivity contribution in [3.63, 3.8) is 0 Å². The van der Waals surface area contributed by atoms with Crippen molar-refractivity contribution in [3.8, 4) is 5.75 Å². The first-order valence-electron chi connectivity index (χ1n) is 6.37. The van der Waals surface area contributed by atoms with Gasteiger partial charge in [0.2, 0.25) is 0 Å². The van der Waals surface area contributed by atoms with Crippen molar-refractivity contribution in [1.82, 2.24) is 5.32 Å². The van der Waals surface area contributed by atoms with Crippen LogP contribution in [0.1, 0.15) is 20.8 Å². The zero-order valence-electron chi connectivity index (χ0n) is 11.9. The number of carbonyl (C=O) groups excluding carboxylic acids is 1. The summed E-state index contributed by atoms with van der Waals surface area (Å²) in [5, 5.41) is 11.4. The zero-order valence-corrected chi connectivity index (χ0v) is 12.6. The molecule has 0 saturated carbocycles. The number of hydrogen-bond donors (Lipinski definition) is 2. The van der Waals surface area contributed by atoms with Crippen LogP contribution in [0, 0.1) is 11.7 Å². The molecule has 0 bridgehead atoms. The number of amides is 1. The molecule has 116 valence electrons. The van der Waals surface area contributed by atoms with Crippen molar-refractivity contribution in [2.45, 2.75) is 32.9 Å². The molecular weight excluding hydrogens is 301 g/mol. The minimum absolute atomic E-state index is 0.0355. The number of halogens is 2. The number of nitrogens with one attached hydrogen (secondary N) is 1. The van der Waals surface area contributed by atoms with Crippen molar-refractivity contribution in [2.75, 3.05) is 0 Å². The highest BCUT2D eigenvalue weighted by atomic mass is 35.5. The Hall–Kier alpha value is -1.82. The molecule has 0 aliphatic rings. The third-order valence-electron chi connectivity index (χ3n) is 2.80. The first-order valence-corrected chi connectivity index (χ1v) is 6.75. The van der Waals surface area contributed by atoms with Gasteiger partial charge in [-0.25, -0.2) is 9.18 Å². The van der Waals surface area contributed by atoms with E-state index < -0.39 is 29.8 Å². The van der Waals surface area contributed by atoms with E-state index in [0.29, 0.717) is 0 Å². The molecule has 1 rings (SSSR count). The van der Waals surface area contributed by atoms with Crippen LogP contribution in [-0.4, -0.2) is 29.1 Å². The second-order valence-corrected chi connectivity index (χ2v) is 5.31. The maximum absolute atomic E-state index is 12.9. The average molecular weight is 318 g/mol. The van der Waals surface area contributed by atoms with Gasteiger partial charge in [-0.2, -0.15) is 0 Å². The molecule has 0 spiro atoms. The smallest absolute Gasteiger partial charge is 0.326 e. The number of rotatable bonds is 6. The lowest BCUT2D eigenvalue weighted by molar-refractivity contribution is -0.144. The number of carboxylic acids is 1. The SMILES string of the molecule is CC(Oc1ccc(F)cc1Cl)C(=O)NC(C(=O)O)C(C)C. The number of hydrogen-bond acceptors (Lipinski definition) is 3. The Morgan fingerprint density at radius 1 is 1.33 bits per heavy atom. The second kappa shape index (κ2) is 7.26. The van der Waals surface area contributed by atoms with Crippen LogP contribution in [0.3, 0.4) is 0 Å². The predicted octanol–water partition coefficient (Wildman–Crippen LogP) is 2.47. The van der Waals surface area contributed by atoms with E-state index in [1.54, 1.807) is 13.8 Å². The van der Waals surface area contributed by atoms with E-state index in [4.69, 9.17) is 21.4 Å². The molecule has 2 atom stereocenters. The van der Waals surface area contributed by atoms with E-state index in [9.17, 15) is 14.0 Å². The zero-order chi connectivity index (χ0) is 16.2. The number of benzene rings is 1. The third kappa shape index (κ3) is 4.90. The average Bonchev–Trinajstić information content (AvgIpc) is 2.37. The van der Waals surface area contributed by atoms with Crippen LogP contribution in [0.25, 0.3) is 0 Å². The van der Waals surface area contributed by atoms with Crippen molar-refractivity contribution in [3.05, 3.63) is 29.0 Å². The summed E-state index contributed by atoms with van der Waals surface area (Å²) in [5.41, 5.74) is 0. The summed E-state index contributed by atoms with van der Waals surface area (Å²) in [6.45, 7) is 4.82. The van der Waals surface area contributed by atoms with Crippen LogP contribution >= 0.6 is 11.6 Å². The largest absolute Gasteiger partial charge is 0.480 e. The standard InChI is InChI=1S/C14H17ClFNO4/c1-7(2)12(14(19)20)17-13(18)8(3)21-11-5-4-9(16)6-10(11)15/h4-8,12H,1-3H3,(H,17,18)(H,19,20). The van der Waals surface area contributed by atoms with Crippen molar-refractivity contribution < 1.29 is 23.8 Å². The van der Waals surface area contributed by atoms with E-state index in [2.05, 4.69) is 5.32 Å². The molecule has 0 aliphatic carbocycles. The fourth-order valence-corrected chi connectivity index (χ4v) is 1.81. The summed E-state index contributed by atoms with van der Waals surface area (Å²) in [4.78, 5) is 23.0. The van der Waals surface area contributed by atoms with E-state index in [-0.39, 0.29) is 16.7 Å². The molecule has 1 amide bonds. The molecule has 5 nitrogen and oxygen atoms in total. The Balaban J connectivity index is 2.72. The second-order valence-electron chi connectivity index (χ2n) is 4.90. The molecule has 0 saturated heterocycles. The Morgan fingerprint density at radius 2 is 1.95 bits per heavy atom. The summed E-state index contributed by atoms with van der Waals surface area (Å²) in [7, 11) is 0. The fourth-order valence-electron chi connectivity index (χ4n) is 1.60. The van der Waals surface area contributed by atoms with Gasteiger partial charge in [-0.05, 0) is 31.0 Å². The first kappa shape index (κ1) is 17.2. The Bertz CT molecular complexity index is 536. The summed E-state index contributed by atoms with van der Waals surface area (Å²) in [5.74, 6) is -2.35. The van der Waals surface area contributed by atoms with Gasteiger partial charge >= 0.3 is 5.97 Å². The Labute approximate surface area is 127 Å². The lowest BCUT2D eigenvalue weighted by atomic mass is 10.0. The van der Waals surface area contributed by atoms with Crippen LogP contribution in [0.15, 0.2) is 18.2 Å². The number of carboxylic acid groups (broad SMARTS) is 1.